The minimum Gasteiger partial charge on any atom is -0.356 e. The van der Waals surface area contributed by atoms with E-state index in [1.54, 1.807) is 12.1 Å². The second-order valence-corrected chi connectivity index (χ2v) is 9.20. The predicted molar refractivity (Wildman–Crippen MR) is 137 cm³/mol. The van der Waals surface area contributed by atoms with Gasteiger partial charge in [0.15, 0.2) is 0 Å². The van der Waals surface area contributed by atoms with Crippen LogP contribution in [0.4, 0.5) is 10.1 Å². The highest BCUT2D eigenvalue weighted by molar-refractivity contribution is 5.88. The summed E-state index contributed by atoms with van der Waals surface area (Å²) in [6, 6.07) is 18.5. The molecule has 1 saturated heterocycles. The molecule has 7 heteroatoms. The van der Waals surface area contributed by atoms with Gasteiger partial charge in [-0.15, -0.1) is 0 Å². The molecular formula is C28H33FN4O2. The first kappa shape index (κ1) is 24.7. The molecule has 4 rings (SSSR count). The van der Waals surface area contributed by atoms with Gasteiger partial charge in [-0.05, 0) is 106 Å². The van der Waals surface area contributed by atoms with Crippen LogP contribution < -0.4 is 10.6 Å². The highest BCUT2D eigenvalue weighted by atomic mass is 19.1. The molecule has 2 aromatic carbocycles. The highest BCUT2D eigenvalue weighted by Gasteiger charge is 2.20. The Hall–Kier alpha value is -3.45. The zero-order valence-corrected chi connectivity index (χ0v) is 20.4. The third-order valence-corrected chi connectivity index (χ3v) is 6.63. The minimum atomic E-state index is -0.285. The van der Waals surface area contributed by atoms with Crippen LogP contribution in [-0.2, 0) is 16.0 Å². The smallest absolute Gasteiger partial charge is 0.221 e. The molecular weight excluding hydrogens is 443 g/mol. The lowest BCUT2D eigenvalue weighted by Gasteiger charge is -2.19. The molecule has 35 heavy (non-hydrogen) atoms. The van der Waals surface area contributed by atoms with Gasteiger partial charge in [-0.25, -0.2) is 4.39 Å². The molecule has 1 fully saturated rings. The summed E-state index contributed by atoms with van der Waals surface area (Å²) in [5.41, 5.74) is 4.40. The van der Waals surface area contributed by atoms with Gasteiger partial charge in [0, 0.05) is 43.0 Å². The van der Waals surface area contributed by atoms with Gasteiger partial charge in [0.2, 0.25) is 11.8 Å². The van der Waals surface area contributed by atoms with Gasteiger partial charge in [0.25, 0.3) is 0 Å². The van der Waals surface area contributed by atoms with E-state index in [9.17, 15) is 14.0 Å². The Morgan fingerprint density at radius 2 is 1.77 bits per heavy atom. The number of anilines is 1. The van der Waals surface area contributed by atoms with Gasteiger partial charge in [0.1, 0.15) is 5.82 Å². The average molecular weight is 477 g/mol. The first-order chi connectivity index (χ1) is 16.9. The summed E-state index contributed by atoms with van der Waals surface area (Å²) < 4.78 is 15.6. The van der Waals surface area contributed by atoms with Crippen LogP contribution in [0.15, 0.2) is 60.7 Å². The number of carbonyl (C=O) groups is 2. The lowest BCUT2D eigenvalue weighted by Crippen LogP contribution is -2.31. The minimum absolute atomic E-state index is 0.0442. The van der Waals surface area contributed by atoms with Crippen molar-refractivity contribution in [3.05, 3.63) is 72.2 Å². The number of rotatable bonds is 9. The maximum Gasteiger partial charge on any atom is 0.221 e. The van der Waals surface area contributed by atoms with E-state index in [4.69, 9.17) is 0 Å². The van der Waals surface area contributed by atoms with Crippen LogP contribution in [0.5, 0.6) is 0 Å². The van der Waals surface area contributed by atoms with Gasteiger partial charge >= 0.3 is 0 Å². The van der Waals surface area contributed by atoms with Crippen LogP contribution in [0, 0.1) is 5.82 Å². The lowest BCUT2D eigenvalue weighted by atomic mass is 10.1. The summed E-state index contributed by atoms with van der Waals surface area (Å²) in [6.45, 7) is 3.31. The average Bonchev–Trinajstić information content (AvgIpc) is 3.44. The summed E-state index contributed by atoms with van der Waals surface area (Å²) in [6.07, 6.45) is 4.37. The van der Waals surface area contributed by atoms with Crippen molar-refractivity contribution in [2.75, 3.05) is 25.5 Å². The Kier molecular flexibility index (Phi) is 7.98. The highest BCUT2D eigenvalue weighted by Crippen LogP contribution is 2.28. The van der Waals surface area contributed by atoms with Gasteiger partial charge < -0.3 is 20.1 Å². The number of likely N-dealkylation sites (tertiary alicyclic amines) is 1. The topological polar surface area (TPSA) is 66.4 Å². The van der Waals surface area contributed by atoms with Crippen LogP contribution >= 0.6 is 0 Å². The Bertz CT molecular complexity index is 1150. The summed E-state index contributed by atoms with van der Waals surface area (Å²) in [4.78, 5) is 26.3. The Morgan fingerprint density at radius 1 is 1.03 bits per heavy atom. The number of halogens is 1. The molecule has 3 aromatic rings. The maximum atomic E-state index is 13.5. The van der Waals surface area contributed by atoms with Gasteiger partial charge in [-0.1, -0.05) is 0 Å². The molecule has 2 heterocycles. The van der Waals surface area contributed by atoms with Gasteiger partial charge in [-0.3, -0.25) is 9.59 Å². The maximum absolute atomic E-state index is 13.5. The first-order valence-corrected chi connectivity index (χ1v) is 12.2. The summed E-state index contributed by atoms with van der Waals surface area (Å²) in [5, 5.41) is 5.85. The van der Waals surface area contributed by atoms with E-state index >= 15 is 0 Å². The van der Waals surface area contributed by atoms with Crippen molar-refractivity contribution in [2.45, 2.75) is 45.1 Å². The number of aromatic nitrogens is 1. The standard InChI is InChI=1S/C28H33FN4O2/c1-20(34)31-23-9-11-25(12-10-23)33-26(13-15-27(33)21-5-7-22(29)8-6-21)14-16-28(35)30-18-17-24-4-3-19-32(24)2/h5-13,15,24H,3-4,14,16-19H2,1-2H3,(H,30,35)(H,31,34). The van der Waals surface area contributed by atoms with E-state index in [0.29, 0.717) is 31.1 Å². The van der Waals surface area contributed by atoms with E-state index in [2.05, 4.69) is 27.1 Å². The molecule has 1 aliphatic heterocycles. The number of hydrogen-bond acceptors (Lipinski definition) is 3. The Balaban J connectivity index is 1.48. The van der Waals surface area contributed by atoms with E-state index in [0.717, 1.165) is 35.6 Å². The van der Waals surface area contributed by atoms with Crippen LogP contribution in [0.2, 0.25) is 0 Å². The number of aryl methyl sites for hydroxylation is 1. The molecule has 1 unspecified atom stereocenters. The monoisotopic (exact) mass is 476 g/mol. The van der Waals surface area contributed by atoms with Crippen molar-refractivity contribution in [1.82, 2.24) is 14.8 Å². The number of amides is 2. The summed E-state index contributed by atoms with van der Waals surface area (Å²) in [5.74, 6) is -0.369. The number of nitrogens with one attached hydrogen (secondary N) is 2. The first-order valence-electron chi connectivity index (χ1n) is 12.2. The van der Waals surface area contributed by atoms with E-state index < -0.39 is 0 Å². The zero-order chi connectivity index (χ0) is 24.8. The molecule has 0 saturated carbocycles. The quantitative estimate of drug-likeness (QED) is 0.467. The molecule has 0 radical (unpaired) electrons. The van der Waals surface area contributed by atoms with Crippen LogP contribution in [-0.4, -0.2) is 47.5 Å². The summed E-state index contributed by atoms with van der Waals surface area (Å²) in [7, 11) is 2.15. The molecule has 2 N–H and O–H groups in total. The molecule has 1 atom stereocenters. The van der Waals surface area contributed by atoms with Crippen molar-refractivity contribution >= 4 is 17.5 Å². The molecule has 2 amide bonds. The van der Waals surface area contributed by atoms with Crippen molar-refractivity contribution < 1.29 is 14.0 Å². The predicted octanol–water partition coefficient (Wildman–Crippen LogP) is 4.77. The molecule has 1 aromatic heterocycles. The van der Waals surface area contributed by atoms with E-state index in [-0.39, 0.29) is 17.6 Å². The van der Waals surface area contributed by atoms with Crippen LogP contribution in [0.3, 0.4) is 0 Å². The third-order valence-electron chi connectivity index (χ3n) is 6.63. The van der Waals surface area contributed by atoms with E-state index in [1.807, 2.05) is 36.4 Å². The molecule has 1 aliphatic rings. The van der Waals surface area contributed by atoms with Crippen molar-refractivity contribution in [3.63, 3.8) is 0 Å². The molecule has 184 valence electrons. The Labute approximate surface area is 206 Å². The fraction of sp³-hybridized carbons (Fsp3) is 0.357. The number of benzene rings is 2. The van der Waals surface area contributed by atoms with E-state index in [1.165, 1.54) is 31.9 Å². The molecule has 0 bridgehead atoms. The van der Waals surface area contributed by atoms with Gasteiger partial charge in [-0.2, -0.15) is 0 Å². The molecule has 6 nitrogen and oxygen atoms in total. The van der Waals surface area contributed by atoms with Crippen molar-refractivity contribution in [3.8, 4) is 16.9 Å². The number of carbonyl (C=O) groups excluding carboxylic acids is 2. The molecule has 0 aliphatic carbocycles. The fourth-order valence-corrected chi connectivity index (χ4v) is 4.77. The Morgan fingerprint density at radius 3 is 2.43 bits per heavy atom. The fourth-order valence-electron chi connectivity index (χ4n) is 4.77. The second kappa shape index (κ2) is 11.3. The zero-order valence-electron chi connectivity index (χ0n) is 20.4. The number of nitrogens with zero attached hydrogens (tertiary/aromatic N) is 2. The third kappa shape index (κ3) is 6.36. The SMILES string of the molecule is CC(=O)Nc1ccc(-n2c(CCC(=O)NCCC3CCCN3C)ccc2-c2ccc(F)cc2)cc1. The lowest BCUT2D eigenvalue weighted by molar-refractivity contribution is -0.121. The van der Waals surface area contributed by atoms with Crippen LogP contribution in [0.1, 0.15) is 38.3 Å². The summed E-state index contributed by atoms with van der Waals surface area (Å²) >= 11 is 0. The second-order valence-electron chi connectivity index (χ2n) is 9.20. The normalized spacial score (nSPS) is 15.8. The van der Waals surface area contributed by atoms with Crippen molar-refractivity contribution in [1.29, 1.82) is 0 Å². The van der Waals surface area contributed by atoms with Crippen LogP contribution in [0.25, 0.3) is 16.9 Å². The van der Waals surface area contributed by atoms with Crippen molar-refractivity contribution in [2.24, 2.45) is 0 Å². The molecule has 0 spiro atoms. The number of hydrogen-bond donors (Lipinski definition) is 2. The largest absolute Gasteiger partial charge is 0.356 e. The van der Waals surface area contributed by atoms with Gasteiger partial charge in [0.05, 0.1) is 5.69 Å².